The highest BCUT2D eigenvalue weighted by molar-refractivity contribution is 14.0. The molecule has 2 heterocycles. The van der Waals surface area contributed by atoms with E-state index in [9.17, 15) is 5.11 Å². The average Bonchev–Trinajstić information content (AvgIpc) is 2.79. The van der Waals surface area contributed by atoms with Gasteiger partial charge in [0.1, 0.15) is 0 Å². The zero-order valence-corrected chi connectivity index (χ0v) is 21.7. The van der Waals surface area contributed by atoms with E-state index in [4.69, 9.17) is 4.99 Å². The Kier molecular flexibility index (Phi) is 12.1. The van der Waals surface area contributed by atoms with E-state index >= 15 is 0 Å². The number of likely N-dealkylation sites (tertiary alicyclic amines) is 1. The smallest absolute Gasteiger partial charge is 0.194 e. The third-order valence-electron chi connectivity index (χ3n) is 6.41. The maximum Gasteiger partial charge on any atom is 0.194 e. The van der Waals surface area contributed by atoms with Crippen molar-refractivity contribution in [3.63, 3.8) is 0 Å². The molecule has 0 aliphatic carbocycles. The summed E-state index contributed by atoms with van der Waals surface area (Å²) < 4.78 is 0. The van der Waals surface area contributed by atoms with E-state index in [1.807, 2.05) is 0 Å². The fourth-order valence-electron chi connectivity index (χ4n) is 4.67. The van der Waals surface area contributed by atoms with Crippen molar-refractivity contribution in [3.05, 3.63) is 35.9 Å². The summed E-state index contributed by atoms with van der Waals surface area (Å²) in [5.41, 5.74) is 1.43. The summed E-state index contributed by atoms with van der Waals surface area (Å²) >= 11 is 0. The predicted molar refractivity (Wildman–Crippen MR) is 140 cm³/mol. The van der Waals surface area contributed by atoms with Crippen LogP contribution in [0, 0.1) is 0 Å². The van der Waals surface area contributed by atoms with E-state index < -0.39 is 0 Å². The zero-order valence-electron chi connectivity index (χ0n) is 19.4. The molecule has 0 aromatic heterocycles. The molecule has 6 nitrogen and oxygen atoms in total. The van der Waals surface area contributed by atoms with Gasteiger partial charge in [-0.1, -0.05) is 37.3 Å². The first-order valence-corrected chi connectivity index (χ1v) is 11.9. The van der Waals surface area contributed by atoms with E-state index in [0.717, 1.165) is 90.5 Å². The van der Waals surface area contributed by atoms with Crippen molar-refractivity contribution in [2.75, 3.05) is 58.9 Å². The molecule has 1 aromatic rings. The van der Waals surface area contributed by atoms with Crippen LogP contribution in [0.1, 0.15) is 51.1 Å². The quantitative estimate of drug-likeness (QED) is 0.228. The second-order valence-corrected chi connectivity index (χ2v) is 8.52. The number of rotatable bonds is 8. The molecule has 0 bridgehead atoms. The highest BCUT2D eigenvalue weighted by atomic mass is 127. The van der Waals surface area contributed by atoms with Crippen molar-refractivity contribution in [3.8, 4) is 0 Å². The van der Waals surface area contributed by atoms with Crippen LogP contribution in [0.4, 0.5) is 0 Å². The molecule has 2 aliphatic rings. The van der Waals surface area contributed by atoms with Crippen LogP contribution in [0.25, 0.3) is 0 Å². The summed E-state index contributed by atoms with van der Waals surface area (Å²) in [7, 11) is 0. The SMILES string of the molecule is CCNC(=NCCCN1CCC(O)CC1)N1CCN(C(CC)c2ccccc2)CC1.I. The summed E-state index contributed by atoms with van der Waals surface area (Å²) in [6, 6.07) is 11.4. The standard InChI is InChI=1S/C24H41N5O.HI/c1-3-23(21-9-6-5-7-10-21)28-17-19-29(20-18-28)24(25-4-2)26-13-8-14-27-15-11-22(30)12-16-27;/h5-7,9-10,22-23,30H,3-4,8,11-20H2,1-2H3,(H,25,26);1H. The lowest BCUT2D eigenvalue weighted by Crippen LogP contribution is -2.53. The van der Waals surface area contributed by atoms with Gasteiger partial charge in [-0.2, -0.15) is 0 Å². The summed E-state index contributed by atoms with van der Waals surface area (Å²) in [5, 5.41) is 13.1. The van der Waals surface area contributed by atoms with Crippen LogP contribution in [0.3, 0.4) is 0 Å². The molecule has 2 aliphatic heterocycles. The maximum absolute atomic E-state index is 9.64. The van der Waals surface area contributed by atoms with Gasteiger partial charge in [-0.3, -0.25) is 9.89 Å². The molecule has 7 heteroatoms. The van der Waals surface area contributed by atoms with Crippen molar-refractivity contribution in [1.29, 1.82) is 0 Å². The second kappa shape index (κ2) is 14.3. The molecule has 3 rings (SSSR count). The lowest BCUT2D eigenvalue weighted by atomic mass is 10.0. The predicted octanol–water partition coefficient (Wildman–Crippen LogP) is 3.19. The Balaban J connectivity index is 0.00000341. The maximum atomic E-state index is 9.64. The minimum absolute atomic E-state index is 0. The molecule has 176 valence electrons. The minimum atomic E-state index is -0.0903. The number of benzene rings is 1. The Morgan fingerprint density at radius 1 is 1.06 bits per heavy atom. The van der Waals surface area contributed by atoms with Crippen LogP contribution >= 0.6 is 24.0 Å². The van der Waals surface area contributed by atoms with Gasteiger partial charge in [-0.15, -0.1) is 24.0 Å². The largest absolute Gasteiger partial charge is 0.393 e. The van der Waals surface area contributed by atoms with Crippen molar-refractivity contribution < 1.29 is 5.11 Å². The van der Waals surface area contributed by atoms with Gasteiger partial charge < -0.3 is 20.2 Å². The fraction of sp³-hybridized carbons (Fsp3) is 0.708. The molecular formula is C24H42IN5O. The van der Waals surface area contributed by atoms with Crippen molar-refractivity contribution in [2.45, 2.75) is 51.7 Å². The number of guanidine groups is 1. The third kappa shape index (κ3) is 8.18. The van der Waals surface area contributed by atoms with Crippen LogP contribution in [0.2, 0.25) is 0 Å². The van der Waals surface area contributed by atoms with Crippen molar-refractivity contribution >= 4 is 29.9 Å². The first-order valence-electron chi connectivity index (χ1n) is 11.9. The fourth-order valence-corrected chi connectivity index (χ4v) is 4.67. The minimum Gasteiger partial charge on any atom is -0.393 e. The molecule has 0 radical (unpaired) electrons. The Labute approximate surface area is 206 Å². The number of halogens is 1. The molecule has 0 amide bonds. The first kappa shape index (κ1) is 26.4. The molecule has 1 atom stereocenters. The van der Waals surface area contributed by atoms with E-state index in [0.29, 0.717) is 6.04 Å². The van der Waals surface area contributed by atoms with Gasteiger partial charge in [0.25, 0.3) is 0 Å². The lowest BCUT2D eigenvalue weighted by Gasteiger charge is -2.40. The molecule has 31 heavy (non-hydrogen) atoms. The number of aliphatic imine (C=N–C) groups is 1. The number of piperazine rings is 1. The topological polar surface area (TPSA) is 54.3 Å². The first-order chi connectivity index (χ1) is 14.7. The summed E-state index contributed by atoms with van der Waals surface area (Å²) in [6.45, 7) is 13.5. The second-order valence-electron chi connectivity index (χ2n) is 8.52. The Bertz CT molecular complexity index is 628. The Morgan fingerprint density at radius 3 is 2.35 bits per heavy atom. The van der Waals surface area contributed by atoms with Gasteiger partial charge in [0.05, 0.1) is 6.10 Å². The molecule has 0 spiro atoms. The number of hydrogen-bond donors (Lipinski definition) is 2. The Morgan fingerprint density at radius 2 is 1.74 bits per heavy atom. The average molecular weight is 544 g/mol. The zero-order chi connectivity index (χ0) is 21.2. The van der Waals surface area contributed by atoms with Crippen LogP contribution in [0.5, 0.6) is 0 Å². The molecule has 2 N–H and O–H groups in total. The van der Waals surface area contributed by atoms with Crippen LogP contribution in [-0.4, -0.2) is 90.8 Å². The normalized spacial score (nSPS) is 20.4. The van der Waals surface area contributed by atoms with Crippen LogP contribution < -0.4 is 5.32 Å². The van der Waals surface area contributed by atoms with E-state index in [2.05, 4.69) is 64.2 Å². The van der Waals surface area contributed by atoms with Gasteiger partial charge in [-0.25, -0.2) is 0 Å². The van der Waals surface area contributed by atoms with Gasteiger partial charge in [0.2, 0.25) is 0 Å². The van der Waals surface area contributed by atoms with Gasteiger partial charge in [-0.05, 0) is 44.7 Å². The molecule has 1 unspecified atom stereocenters. The van der Waals surface area contributed by atoms with Crippen LogP contribution in [0.15, 0.2) is 35.3 Å². The molecule has 0 saturated carbocycles. The van der Waals surface area contributed by atoms with Crippen molar-refractivity contribution in [2.24, 2.45) is 4.99 Å². The highest BCUT2D eigenvalue weighted by Crippen LogP contribution is 2.25. The van der Waals surface area contributed by atoms with Gasteiger partial charge in [0.15, 0.2) is 5.96 Å². The number of piperidine rings is 1. The summed E-state index contributed by atoms with van der Waals surface area (Å²) in [6.07, 6.45) is 3.96. The van der Waals surface area contributed by atoms with E-state index in [1.165, 1.54) is 5.56 Å². The number of nitrogens with one attached hydrogen (secondary N) is 1. The summed E-state index contributed by atoms with van der Waals surface area (Å²) in [4.78, 5) is 12.4. The molecule has 1 aromatic carbocycles. The number of aliphatic hydroxyl groups excluding tert-OH is 1. The Hall–Kier alpha value is -0.900. The van der Waals surface area contributed by atoms with Crippen LogP contribution in [-0.2, 0) is 0 Å². The van der Waals surface area contributed by atoms with Crippen molar-refractivity contribution in [1.82, 2.24) is 20.0 Å². The third-order valence-corrected chi connectivity index (χ3v) is 6.41. The number of nitrogens with zero attached hydrogens (tertiary/aromatic N) is 4. The monoisotopic (exact) mass is 543 g/mol. The summed E-state index contributed by atoms with van der Waals surface area (Å²) in [5.74, 6) is 1.07. The molecule has 2 saturated heterocycles. The molecule has 2 fully saturated rings. The highest BCUT2D eigenvalue weighted by Gasteiger charge is 2.25. The van der Waals surface area contributed by atoms with Gasteiger partial charge in [0, 0.05) is 58.4 Å². The number of aliphatic hydroxyl groups is 1. The van der Waals surface area contributed by atoms with Gasteiger partial charge >= 0.3 is 0 Å². The number of hydrogen-bond acceptors (Lipinski definition) is 4. The molecular weight excluding hydrogens is 501 g/mol. The van der Waals surface area contributed by atoms with E-state index in [1.54, 1.807) is 0 Å². The van der Waals surface area contributed by atoms with E-state index in [-0.39, 0.29) is 30.1 Å². The lowest BCUT2D eigenvalue weighted by molar-refractivity contribution is 0.0824.